The Labute approximate surface area is 102 Å². The maximum Gasteiger partial charge on any atom is 0.324 e. The zero-order chi connectivity index (χ0) is 14.1. The lowest BCUT2D eigenvalue weighted by atomic mass is 10.1. The Hall–Kier alpha value is -1.54. The van der Waals surface area contributed by atoms with E-state index >= 15 is 0 Å². The number of nitrogens with one attached hydrogen (secondary N) is 1. The van der Waals surface area contributed by atoms with E-state index in [4.69, 9.17) is 5.11 Å². The third-order valence-electron chi connectivity index (χ3n) is 2.11. The molecule has 0 aliphatic carbocycles. The van der Waals surface area contributed by atoms with Crippen LogP contribution in [-0.2, 0) is 14.8 Å². The van der Waals surface area contributed by atoms with Crippen LogP contribution < -0.4 is 4.72 Å². The zero-order valence-corrected chi connectivity index (χ0v) is 10.4. The minimum absolute atomic E-state index is 0.769. The van der Waals surface area contributed by atoms with Crippen LogP contribution in [0, 0.1) is 11.6 Å². The average Bonchev–Trinajstić information content (AvgIpc) is 2.14. The van der Waals surface area contributed by atoms with Gasteiger partial charge in [0.25, 0.3) is 0 Å². The second kappa shape index (κ2) is 4.62. The molecule has 0 radical (unpaired) electrons. The topological polar surface area (TPSA) is 83.5 Å². The minimum atomic E-state index is -4.61. The lowest BCUT2D eigenvalue weighted by Crippen LogP contribution is -2.49. The standard InChI is InChI=1S/C10H11F2NO4S/c1-10(2,9(14)15)13-18(16,17)8-6(11)4-3-5-7(8)12/h3-5,13H,1-2H3,(H,14,15). The van der Waals surface area contributed by atoms with Crippen molar-refractivity contribution in [1.29, 1.82) is 0 Å². The van der Waals surface area contributed by atoms with Gasteiger partial charge < -0.3 is 5.11 Å². The third-order valence-corrected chi connectivity index (χ3v) is 3.82. The summed E-state index contributed by atoms with van der Waals surface area (Å²) in [5.74, 6) is -4.05. The highest BCUT2D eigenvalue weighted by Crippen LogP contribution is 2.20. The molecule has 100 valence electrons. The summed E-state index contributed by atoms with van der Waals surface area (Å²) in [6.07, 6.45) is 0. The highest BCUT2D eigenvalue weighted by Gasteiger charge is 2.35. The van der Waals surface area contributed by atoms with Crippen LogP contribution in [0.2, 0.25) is 0 Å². The summed E-state index contributed by atoms with van der Waals surface area (Å²) in [4.78, 5) is 9.59. The number of hydrogen-bond donors (Lipinski definition) is 2. The molecule has 18 heavy (non-hydrogen) atoms. The highest BCUT2D eigenvalue weighted by molar-refractivity contribution is 7.89. The molecule has 5 nitrogen and oxygen atoms in total. The van der Waals surface area contributed by atoms with Gasteiger partial charge in [-0.05, 0) is 26.0 Å². The van der Waals surface area contributed by atoms with Crippen LogP contribution >= 0.6 is 0 Å². The van der Waals surface area contributed by atoms with Crippen molar-refractivity contribution in [3.8, 4) is 0 Å². The summed E-state index contributed by atoms with van der Waals surface area (Å²) in [7, 11) is -4.61. The first kappa shape index (κ1) is 14.5. The SMILES string of the molecule is CC(C)(NS(=O)(=O)c1c(F)cccc1F)C(=O)O. The van der Waals surface area contributed by atoms with Crippen LogP contribution in [0.4, 0.5) is 8.78 Å². The van der Waals surface area contributed by atoms with Crippen molar-refractivity contribution in [2.75, 3.05) is 0 Å². The van der Waals surface area contributed by atoms with Crippen molar-refractivity contribution >= 4 is 16.0 Å². The number of halogens is 2. The summed E-state index contributed by atoms with van der Waals surface area (Å²) in [6.45, 7) is 2.12. The van der Waals surface area contributed by atoms with Gasteiger partial charge in [0, 0.05) is 0 Å². The number of aliphatic carboxylic acids is 1. The molecule has 0 bridgehead atoms. The van der Waals surface area contributed by atoms with Gasteiger partial charge in [-0.1, -0.05) is 6.07 Å². The maximum atomic E-state index is 13.3. The molecule has 0 aliphatic rings. The Kier molecular flexibility index (Phi) is 3.72. The van der Waals surface area contributed by atoms with Crippen molar-refractivity contribution in [2.24, 2.45) is 0 Å². The van der Waals surface area contributed by atoms with Crippen molar-refractivity contribution in [2.45, 2.75) is 24.3 Å². The molecule has 0 saturated carbocycles. The number of carboxylic acids is 1. The maximum absolute atomic E-state index is 13.3. The fourth-order valence-corrected chi connectivity index (χ4v) is 2.68. The Morgan fingerprint density at radius 3 is 2.11 bits per heavy atom. The monoisotopic (exact) mass is 279 g/mol. The van der Waals surface area contributed by atoms with E-state index in [9.17, 15) is 22.0 Å². The number of carboxylic acid groups (broad SMARTS) is 1. The molecular weight excluding hydrogens is 268 g/mol. The predicted octanol–water partition coefficient (Wildman–Crippen LogP) is 1.11. The summed E-state index contributed by atoms with van der Waals surface area (Å²) in [6, 6.07) is 2.54. The molecule has 0 fully saturated rings. The number of carbonyl (C=O) groups is 1. The van der Waals surface area contributed by atoms with Crippen LogP contribution in [0.1, 0.15) is 13.8 Å². The van der Waals surface area contributed by atoms with Crippen molar-refractivity contribution in [3.63, 3.8) is 0 Å². The van der Waals surface area contributed by atoms with E-state index in [1.807, 2.05) is 0 Å². The fraction of sp³-hybridized carbons (Fsp3) is 0.300. The average molecular weight is 279 g/mol. The normalized spacial score (nSPS) is 12.4. The first-order valence-electron chi connectivity index (χ1n) is 4.79. The first-order chi connectivity index (χ1) is 8.08. The van der Waals surface area contributed by atoms with Gasteiger partial charge in [0.05, 0.1) is 0 Å². The summed E-state index contributed by atoms with van der Waals surface area (Å²) < 4.78 is 51.8. The fourth-order valence-electron chi connectivity index (χ4n) is 1.17. The largest absolute Gasteiger partial charge is 0.480 e. The molecule has 0 atom stereocenters. The second-order valence-corrected chi connectivity index (χ2v) is 5.71. The Bertz CT molecular complexity index is 563. The molecule has 1 aromatic rings. The molecule has 8 heteroatoms. The Morgan fingerprint density at radius 2 is 1.72 bits per heavy atom. The first-order valence-corrected chi connectivity index (χ1v) is 6.27. The minimum Gasteiger partial charge on any atom is -0.480 e. The molecule has 0 spiro atoms. The number of benzene rings is 1. The summed E-state index contributed by atoms with van der Waals surface area (Å²) in [5.41, 5.74) is -1.88. The second-order valence-electron chi connectivity index (χ2n) is 4.09. The highest BCUT2D eigenvalue weighted by atomic mass is 32.2. The van der Waals surface area contributed by atoms with Crippen LogP contribution in [0.25, 0.3) is 0 Å². The molecule has 0 heterocycles. The Morgan fingerprint density at radius 1 is 1.28 bits per heavy atom. The molecule has 0 aromatic heterocycles. The Balaban J connectivity index is 3.28. The van der Waals surface area contributed by atoms with Gasteiger partial charge in [0.15, 0.2) is 4.90 Å². The van der Waals surface area contributed by atoms with Crippen LogP contribution in [0.3, 0.4) is 0 Å². The number of sulfonamides is 1. The lowest BCUT2D eigenvalue weighted by Gasteiger charge is -2.21. The molecule has 1 aromatic carbocycles. The smallest absolute Gasteiger partial charge is 0.324 e. The van der Waals surface area contributed by atoms with E-state index < -0.39 is 38.1 Å². The van der Waals surface area contributed by atoms with Gasteiger partial charge in [0.2, 0.25) is 10.0 Å². The van der Waals surface area contributed by atoms with E-state index in [0.29, 0.717) is 0 Å². The molecule has 0 amide bonds. The van der Waals surface area contributed by atoms with Gasteiger partial charge in [-0.15, -0.1) is 0 Å². The van der Waals surface area contributed by atoms with E-state index in [-0.39, 0.29) is 0 Å². The molecule has 0 unspecified atom stereocenters. The lowest BCUT2D eigenvalue weighted by molar-refractivity contribution is -0.142. The van der Waals surface area contributed by atoms with Gasteiger partial charge in [-0.2, -0.15) is 4.72 Å². The molecule has 0 aliphatic heterocycles. The van der Waals surface area contributed by atoms with Gasteiger partial charge in [0.1, 0.15) is 17.2 Å². The van der Waals surface area contributed by atoms with E-state index in [1.54, 1.807) is 4.72 Å². The zero-order valence-electron chi connectivity index (χ0n) is 9.57. The quantitative estimate of drug-likeness (QED) is 0.864. The molecule has 0 saturated heterocycles. The molecule has 1 rings (SSSR count). The van der Waals surface area contributed by atoms with Crippen molar-refractivity contribution < 1.29 is 27.1 Å². The third kappa shape index (κ3) is 2.82. The molecular formula is C10H11F2NO4S. The van der Waals surface area contributed by atoms with Crippen molar-refractivity contribution in [1.82, 2.24) is 4.72 Å². The van der Waals surface area contributed by atoms with E-state index in [1.165, 1.54) is 0 Å². The predicted molar refractivity (Wildman–Crippen MR) is 58.4 cm³/mol. The summed E-state index contributed by atoms with van der Waals surface area (Å²) >= 11 is 0. The van der Waals surface area contributed by atoms with Gasteiger partial charge in [-0.25, -0.2) is 17.2 Å². The van der Waals surface area contributed by atoms with Gasteiger partial charge >= 0.3 is 5.97 Å². The van der Waals surface area contributed by atoms with Crippen LogP contribution in [0.15, 0.2) is 23.1 Å². The molecule has 2 N–H and O–H groups in total. The van der Waals surface area contributed by atoms with E-state index in [0.717, 1.165) is 32.0 Å². The number of rotatable bonds is 4. The van der Waals surface area contributed by atoms with E-state index in [2.05, 4.69) is 0 Å². The number of hydrogen-bond acceptors (Lipinski definition) is 3. The van der Waals surface area contributed by atoms with Gasteiger partial charge in [-0.3, -0.25) is 4.79 Å². The summed E-state index contributed by atoms with van der Waals surface area (Å²) in [5, 5.41) is 8.78. The van der Waals surface area contributed by atoms with Crippen LogP contribution in [0.5, 0.6) is 0 Å². The van der Waals surface area contributed by atoms with Crippen LogP contribution in [-0.4, -0.2) is 25.0 Å². The van der Waals surface area contributed by atoms with Crippen molar-refractivity contribution in [3.05, 3.63) is 29.8 Å².